The number of rotatable bonds is 3. The summed E-state index contributed by atoms with van der Waals surface area (Å²) in [6.07, 6.45) is 8.59. The van der Waals surface area contributed by atoms with Gasteiger partial charge in [-0.25, -0.2) is 9.67 Å². The number of benzene rings is 2. The molecule has 206 valence electrons. The van der Waals surface area contributed by atoms with Crippen molar-refractivity contribution >= 4 is 34.8 Å². The number of hydrogen-bond donors (Lipinski definition) is 1. The Balaban J connectivity index is 1.43. The van der Waals surface area contributed by atoms with Crippen molar-refractivity contribution in [3.63, 3.8) is 0 Å². The summed E-state index contributed by atoms with van der Waals surface area (Å²) < 4.78 is 3.17. The Hall–Kier alpha value is -4.34. The zero-order valence-corrected chi connectivity index (χ0v) is 23.5. The third-order valence-electron chi connectivity index (χ3n) is 7.34. The molecule has 2 aromatic carbocycles. The van der Waals surface area contributed by atoms with Gasteiger partial charge >= 0.3 is 0 Å². The van der Waals surface area contributed by atoms with Crippen LogP contribution in [0.5, 0.6) is 0 Å². The van der Waals surface area contributed by atoms with Gasteiger partial charge in [-0.2, -0.15) is 0 Å². The van der Waals surface area contributed by atoms with E-state index in [1.165, 1.54) is 10.7 Å². The summed E-state index contributed by atoms with van der Waals surface area (Å²) >= 11 is 12.3. The second-order valence-corrected chi connectivity index (χ2v) is 10.9. The van der Waals surface area contributed by atoms with E-state index in [9.17, 15) is 9.59 Å². The smallest absolute Gasteiger partial charge is 0.254 e. The van der Waals surface area contributed by atoms with Gasteiger partial charge in [0.15, 0.2) is 5.15 Å². The summed E-state index contributed by atoms with van der Waals surface area (Å²) in [7, 11) is 0. The van der Waals surface area contributed by atoms with Crippen molar-refractivity contribution in [3.05, 3.63) is 106 Å². The molecule has 1 amide bonds. The van der Waals surface area contributed by atoms with E-state index >= 15 is 0 Å². The van der Waals surface area contributed by atoms with Crippen molar-refractivity contribution in [1.29, 1.82) is 0 Å². The number of amides is 1. The van der Waals surface area contributed by atoms with Crippen molar-refractivity contribution in [3.8, 4) is 28.1 Å². The number of fused-ring (bicyclic) bond motifs is 4. The highest BCUT2D eigenvalue weighted by molar-refractivity contribution is 6.31. The molecule has 9 nitrogen and oxygen atoms in total. The van der Waals surface area contributed by atoms with Crippen LogP contribution in [0.25, 0.3) is 28.1 Å². The number of halogens is 2. The number of nitrogens with one attached hydrogen (secondary N) is 1. The van der Waals surface area contributed by atoms with Crippen molar-refractivity contribution in [2.45, 2.75) is 32.2 Å². The highest BCUT2D eigenvalue weighted by Crippen LogP contribution is 2.34. The standard InChI is InChI=1S/C30H25Cl2N7O2/c1-18-4-2-7-26(20-6-3-5-19(12-20)22-10-11-33-15-25(22)35-30(18)41)38-17-34-24(14-29(38)40)23-13-21(31)8-9-27(23)39-16-28(32)36-37-39/h3,5-6,8-18,26H,2,4,7H2,1H3,(H,35,41). The predicted molar refractivity (Wildman–Crippen MR) is 158 cm³/mol. The maximum Gasteiger partial charge on any atom is 0.254 e. The first-order valence-electron chi connectivity index (χ1n) is 13.2. The van der Waals surface area contributed by atoms with Crippen molar-refractivity contribution in [2.75, 3.05) is 5.32 Å². The van der Waals surface area contributed by atoms with Gasteiger partial charge in [-0.15, -0.1) is 5.10 Å². The van der Waals surface area contributed by atoms with Crippen molar-refractivity contribution < 1.29 is 4.79 Å². The van der Waals surface area contributed by atoms with Crippen molar-refractivity contribution in [1.82, 2.24) is 29.5 Å². The first-order valence-corrected chi connectivity index (χ1v) is 13.9. The molecule has 0 spiro atoms. The van der Waals surface area contributed by atoms with Crippen LogP contribution in [0.3, 0.4) is 0 Å². The number of hydrogen-bond acceptors (Lipinski definition) is 6. The Morgan fingerprint density at radius 2 is 1.88 bits per heavy atom. The van der Waals surface area contributed by atoms with E-state index in [4.69, 9.17) is 23.2 Å². The molecule has 2 unspecified atom stereocenters. The molecule has 4 heterocycles. The zero-order valence-electron chi connectivity index (χ0n) is 22.0. The summed E-state index contributed by atoms with van der Waals surface area (Å²) in [6, 6.07) is 16.4. The lowest BCUT2D eigenvalue weighted by Gasteiger charge is -2.23. The Labute approximate surface area is 245 Å². The van der Waals surface area contributed by atoms with E-state index in [-0.39, 0.29) is 28.6 Å². The molecular weight excluding hydrogens is 561 g/mol. The molecule has 0 radical (unpaired) electrons. The Morgan fingerprint density at radius 1 is 1.00 bits per heavy atom. The summed E-state index contributed by atoms with van der Waals surface area (Å²) in [4.78, 5) is 35.5. The summed E-state index contributed by atoms with van der Waals surface area (Å²) in [5.74, 6) is -0.257. The number of pyridine rings is 1. The SMILES string of the molecule is CC1CCCC(n2cnc(-c3cc(Cl)ccc3-n3cc(Cl)nn3)cc2=O)c2cccc(c2)-c2ccncc2NC1=O. The van der Waals surface area contributed by atoms with E-state index < -0.39 is 0 Å². The highest BCUT2D eigenvalue weighted by Gasteiger charge is 2.22. The maximum atomic E-state index is 13.7. The van der Waals surface area contributed by atoms with Crippen LogP contribution in [0.15, 0.2) is 84.3 Å². The molecular formula is C30H25Cl2N7O2. The van der Waals surface area contributed by atoms with Crippen molar-refractivity contribution in [2.24, 2.45) is 5.92 Å². The normalized spacial score (nSPS) is 17.2. The van der Waals surface area contributed by atoms with Crippen LogP contribution in [0.1, 0.15) is 37.8 Å². The molecule has 41 heavy (non-hydrogen) atoms. The number of aromatic nitrogens is 6. The summed E-state index contributed by atoms with van der Waals surface area (Å²) in [6.45, 7) is 1.92. The average Bonchev–Trinajstić information content (AvgIpc) is 3.41. The van der Waals surface area contributed by atoms with Crippen LogP contribution >= 0.6 is 23.2 Å². The largest absolute Gasteiger partial charge is 0.324 e. The zero-order chi connectivity index (χ0) is 28.5. The molecule has 2 atom stereocenters. The highest BCUT2D eigenvalue weighted by atomic mass is 35.5. The van der Waals surface area contributed by atoms with E-state index in [0.29, 0.717) is 40.5 Å². The predicted octanol–water partition coefficient (Wildman–Crippen LogP) is 6.21. The lowest BCUT2D eigenvalue weighted by molar-refractivity contribution is -0.119. The number of anilines is 1. The third-order valence-corrected chi connectivity index (χ3v) is 7.75. The van der Waals surface area contributed by atoms with E-state index in [2.05, 4.69) is 31.7 Å². The van der Waals surface area contributed by atoms with Crippen LogP contribution in [0, 0.1) is 5.92 Å². The quantitative estimate of drug-likeness (QED) is 0.270. The van der Waals surface area contributed by atoms with Gasteiger partial charge < -0.3 is 5.32 Å². The van der Waals surface area contributed by atoms with Gasteiger partial charge in [0.1, 0.15) is 0 Å². The molecule has 5 aromatic rings. The van der Waals surface area contributed by atoms with E-state index in [1.54, 1.807) is 47.7 Å². The summed E-state index contributed by atoms with van der Waals surface area (Å²) in [5.41, 5.74) is 4.91. The average molecular weight is 586 g/mol. The second kappa shape index (κ2) is 11.3. The fraction of sp³-hybridized carbons (Fsp3) is 0.200. The van der Waals surface area contributed by atoms with E-state index in [0.717, 1.165) is 23.1 Å². The van der Waals surface area contributed by atoms with Crippen LogP contribution in [0.2, 0.25) is 10.2 Å². The second-order valence-electron chi connectivity index (χ2n) is 10.1. The molecule has 0 saturated heterocycles. The van der Waals surface area contributed by atoms with Crippen LogP contribution < -0.4 is 10.9 Å². The molecule has 3 aromatic heterocycles. The molecule has 6 rings (SSSR count). The first kappa shape index (κ1) is 26.9. The fourth-order valence-electron chi connectivity index (χ4n) is 5.20. The first-order chi connectivity index (χ1) is 19.9. The molecule has 11 heteroatoms. The van der Waals surface area contributed by atoms with Gasteiger partial charge in [-0.3, -0.25) is 19.1 Å². The molecule has 0 saturated carbocycles. The minimum Gasteiger partial charge on any atom is -0.324 e. The van der Waals surface area contributed by atoms with Crippen LogP contribution in [0.4, 0.5) is 5.69 Å². The monoisotopic (exact) mass is 585 g/mol. The van der Waals surface area contributed by atoms with Gasteiger partial charge in [0, 0.05) is 34.3 Å². The topological polar surface area (TPSA) is 108 Å². The Kier molecular flexibility index (Phi) is 7.38. The third kappa shape index (κ3) is 5.51. The lowest BCUT2D eigenvalue weighted by atomic mass is 9.93. The molecule has 1 N–H and O–H groups in total. The van der Waals surface area contributed by atoms with Gasteiger partial charge in [0.25, 0.3) is 5.56 Å². The summed E-state index contributed by atoms with van der Waals surface area (Å²) in [5, 5.41) is 11.7. The number of nitrogens with zero attached hydrogens (tertiary/aromatic N) is 6. The van der Waals surface area contributed by atoms with Crippen LogP contribution in [-0.2, 0) is 4.79 Å². The Morgan fingerprint density at radius 3 is 2.68 bits per heavy atom. The molecule has 1 aliphatic rings. The lowest BCUT2D eigenvalue weighted by Crippen LogP contribution is -2.26. The van der Waals surface area contributed by atoms with Crippen LogP contribution in [-0.4, -0.2) is 35.4 Å². The van der Waals surface area contributed by atoms with Gasteiger partial charge in [0.2, 0.25) is 5.91 Å². The molecule has 0 fully saturated rings. The minimum atomic E-state index is -0.281. The number of carbonyl (C=O) groups is 1. The van der Waals surface area contributed by atoms with Gasteiger partial charge in [-0.1, -0.05) is 60.0 Å². The molecule has 2 bridgehead atoms. The Bertz CT molecular complexity index is 1820. The molecule has 0 aliphatic carbocycles. The minimum absolute atomic E-state index is 0.0540. The van der Waals surface area contributed by atoms with Gasteiger partial charge in [-0.05, 0) is 54.3 Å². The molecule has 1 aliphatic heterocycles. The van der Waals surface area contributed by atoms with Gasteiger partial charge in [0.05, 0.1) is 41.8 Å². The number of carbonyl (C=O) groups excluding carboxylic acids is 1. The van der Waals surface area contributed by atoms with E-state index in [1.807, 2.05) is 31.2 Å². The fourth-order valence-corrected chi connectivity index (χ4v) is 5.49. The maximum absolute atomic E-state index is 13.7.